The van der Waals surface area contributed by atoms with Gasteiger partial charge in [0.15, 0.2) is 0 Å². The topological polar surface area (TPSA) is 21.3 Å². The number of nitrogens with one attached hydrogen (secondary N) is 1. The van der Waals surface area contributed by atoms with Crippen molar-refractivity contribution in [2.45, 2.75) is 13.3 Å². The van der Waals surface area contributed by atoms with Crippen molar-refractivity contribution in [3.8, 4) is 5.75 Å². The Labute approximate surface area is 91.7 Å². The molecule has 0 unspecified atom stereocenters. The molecule has 5 heteroatoms. The molecule has 0 aliphatic carbocycles. The minimum absolute atomic E-state index is 0.237. The molecule has 0 atom stereocenters. The Hall–Kier alpha value is -1.65. The van der Waals surface area contributed by atoms with Crippen molar-refractivity contribution in [2.24, 2.45) is 0 Å². The second-order valence-corrected chi connectivity index (χ2v) is 3.39. The first kappa shape index (κ1) is 12.4. The zero-order valence-electron chi connectivity index (χ0n) is 8.77. The highest BCUT2D eigenvalue weighted by Crippen LogP contribution is 2.24. The maximum atomic E-state index is 11.9. The summed E-state index contributed by atoms with van der Waals surface area (Å²) in [7, 11) is 0. The van der Waals surface area contributed by atoms with Gasteiger partial charge in [-0.15, -0.1) is 13.2 Å². The highest BCUT2D eigenvalue weighted by molar-refractivity contribution is 5.48. The molecule has 0 heterocycles. The van der Waals surface area contributed by atoms with Crippen LogP contribution in [-0.4, -0.2) is 12.9 Å². The van der Waals surface area contributed by atoms with Gasteiger partial charge in [-0.05, 0) is 19.1 Å². The van der Waals surface area contributed by atoms with Crippen LogP contribution in [0.5, 0.6) is 5.75 Å². The first-order valence-electron chi connectivity index (χ1n) is 4.61. The zero-order chi connectivity index (χ0) is 12.2. The Bertz CT molecular complexity index is 374. The number of halogens is 3. The van der Waals surface area contributed by atoms with Crippen LogP contribution in [0.25, 0.3) is 0 Å². The van der Waals surface area contributed by atoms with Crippen LogP contribution in [0.2, 0.25) is 0 Å². The quantitative estimate of drug-likeness (QED) is 0.800. The van der Waals surface area contributed by atoms with Gasteiger partial charge in [-0.25, -0.2) is 0 Å². The fraction of sp³-hybridized carbons (Fsp3) is 0.273. The van der Waals surface area contributed by atoms with Crippen molar-refractivity contribution in [1.29, 1.82) is 0 Å². The zero-order valence-corrected chi connectivity index (χ0v) is 8.77. The van der Waals surface area contributed by atoms with Crippen LogP contribution in [0.3, 0.4) is 0 Å². The van der Waals surface area contributed by atoms with Crippen LogP contribution in [0.1, 0.15) is 6.92 Å². The van der Waals surface area contributed by atoms with Gasteiger partial charge in [-0.1, -0.05) is 18.2 Å². The molecule has 0 saturated heterocycles. The van der Waals surface area contributed by atoms with Crippen LogP contribution in [0.15, 0.2) is 36.4 Å². The minimum atomic E-state index is -4.66. The van der Waals surface area contributed by atoms with E-state index in [2.05, 4.69) is 16.6 Å². The van der Waals surface area contributed by atoms with E-state index in [0.29, 0.717) is 12.2 Å². The third kappa shape index (κ3) is 4.72. The van der Waals surface area contributed by atoms with Crippen molar-refractivity contribution in [1.82, 2.24) is 0 Å². The second kappa shape index (κ2) is 4.92. The summed E-state index contributed by atoms with van der Waals surface area (Å²) in [6.07, 6.45) is -4.66. The van der Waals surface area contributed by atoms with E-state index in [0.717, 1.165) is 5.57 Å². The van der Waals surface area contributed by atoms with Crippen molar-refractivity contribution in [3.63, 3.8) is 0 Å². The van der Waals surface area contributed by atoms with Gasteiger partial charge >= 0.3 is 6.36 Å². The van der Waals surface area contributed by atoms with Crippen LogP contribution in [0.4, 0.5) is 18.9 Å². The predicted octanol–water partition coefficient (Wildman–Crippen LogP) is 3.57. The van der Waals surface area contributed by atoms with Gasteiger partial charge in [0.25, 0.3) is 0 Å². The number of ether oxygens (including phenoxy) is 1. The fourth-order valence-corrected chi connectivity index (χ4v) is 1.06. The monoisotopic (exact) mass is 231 g/mol. The Kier molecular flexibility index (Phi) is 3.82. The molecule has 0 radical (unpaired) electrons. The molecule has 0 spiro atoms. The molecule has 0 aliphatic heterocycles. The van der Waals surface area contributed by atoms with Crippen molar-refractivity contribution in [3.05, 3.63) is 36.4 Å². The van der Waals surface area contributed by atoms with E-state index in [9.17, 15) is 13.2 Å². The largest absolute Gasteiger partial charge is 0.573 e. The highest BCUT2D eigenvalue weighted by Gasteiger charge is 2.31. The van der Waals surface area contributed by atoms with E-state index in [-0.39, 0.29) is 5.75 Å². The van der Waals surface area contributed by atoms with Crippen molar-refractivity contribution >= 4 is 5.69 Å². The Morgan fingerprint density at radius 3 is 2.69 bits per heavy atom. The van der Waals surface area contributed by atoms with Gasteiger partial charge in [0.2, 0.25) is 0 Å². The molecule has 1 N–H and O–H groups in total. The lowest BCUT2D eigenvalue weighted by Gasteiger charge is -2.11. The van der Waals surface area contributed by atoms with E-state index in [4.69, 9.17) is 0 Å². The molecule has 0 saturated carbocycles. The number of benzene rings is 1. The summed E-state index contributed by atoms with van der Waals surface area (Å²) in [5.74, 6) is -0.237. The second-order valence-electron chi connectivity index (χ2n) is 3.39. The molecule has 2 nitrogen and oxygen atoms in total. The standard InChI is InChI=1S/C11H12F3NO/c1-8(2)7-15-9-4-3-5-10(6-9)16-11(12,13)14/h3-6,15H,1,7H2,2H3. The van der Waals surface area contributed by atoms with E-state index >= 15 is 0 Å². The summed E-state index contributed by atoms with van der Waals surface area (Å²) in [6.45, 7) is 6.01. The van der Waals surface area contributed by atoms with E-state index in [1.807, 2.05) is 6.92 Å². The summed E-state index contributed by atoms with van der Waals surface area (Å²) < 4.78 is 39.6. The lowest BCUT2D eigenvalue weighted by Crippen LogP contribution is -2.17. The maximum absolute atomic E-state index is 11.9. The fourth-order valence-electron chi connectivity index (χ4n) is 1.06. The molecule has 1 aromatic rings. The average Bonchev–Trinajstić information content (AvgIpc) is 2.12. The molecule has 16 heavy (non-hydrogen) atoms. The molecule has 1 rings (SSSR count). The van der Waals surface area contributed by atoms with Crippen LogP contribution < -0.4 is 10.1 Å². The van der Waals surface area contributed by atoms with Gasteiger partial charge in [0.05, 0.1) is 0 Å². The first-order valence-corrected chi connectivity index (χ1v) is 4.61. The number of anilines is 1. The predicted molar refractivity (Wildman–Crippen MR) is 56.4 cm³/mol. The summed E-state index contributed by atoms with van der Waals surface area (Å²) >= 11 is 0. The van der Waals surface area contributed by atoms with Gasteiger partial charge < -0.3 is 10.1 Å². The summed E-state index contributed by atoms with van der Waals surface area (Å²) in [5.41, 5.74) is 1.45. The van der Waals surface area contributed by atoms with Crippen molar-refractivity contribution < 1.29 is 17.9 Å². The molecule has 88 valence electrons. The molecular formula is C11H12F3NO. The van der Waals surface area contributed by atoms with Gasteiger partial charge in [-0.3, -0.25) is 0 Å². The number of hydrogen-bond donors (Lipinski definition) is 1. The molecule has 1 aromatic carbocycles. The first-order chi connectivity index (χ1) is 7.37. The van der Waals surface area contributed by atoms with Crippen molar-refractivity contribution in [2.75, 3.05) is 11.9 Å². The smallest absolute Gasteiger partial charge is 0.406 e. The summed E-state index contributed by atoms with van der Waals surface area (Å²) in [4.78, 5) is 0. The lowest BCUT2D eigenvalue weighted by atomic mass is 10.3. The van der Waals surface area contributed by atoms with Gasteiger partial charge in [-0.2, -0.15) is 0 Å². The molecule has 0 aliphatic rings. The van der Waals surface area contributed by atoms with E-state index < -0.39 is 6.36 Å². The molecule has 0 fully saturated rings. The van der Waals surface area contributed by atoms with Gasteiger partial charge in [0, 0.05) is 18.3 Å². The minimum Gasteiger partial charge on any atom is -0.406 e. The maximum Gasteiger partial charge on any atom is 0.573 e. The SMILES string of the molecule is C=C(C)CNc1cccc(OC(F)(F)F)c1. The molecule has 0 amide bonds. The molecule has 0 bridgehead atoms. The Balaban J connectivity index is 2.67. The third-order valence-electron chi connectivity index (χ3n) is 1.66. The average molecular weight is 231 g/mol. The Morgan fingerprint density at radius 2 is 2.12 bits per heavy atom. The third-order valence-corrected chi connectivity index (χ3v) is 1.66. The van der Waals surface area contributed by atoms with Crippen LogP contribution in [-0.2, 0) is 0 Å². The highest BCUT2D eigenvalue weighted by atomic mass is 19.4. The number of rotatable bonds is 4. The summed E-state index contributed by atoms with van der Waals surface area (Å²) in [5, 5.41) is 2.92. The summed E-state index contributed by atoms with van der Waals surface area (Å²) in [6, 6.07) is 5.68. The lowest BCUT2D eigenvalue weighted by molar-refractivity contribution is -0.274. The van der Waals surface area contributed by atoms with Crippen LogP contribution >= 0.6 is 0 Å². The number of hydrogen-bond acceptors (Lipinski definition) is 2. The molecular weight excluding hydrogens is 219 g/mol. The number of alkyl halides is 3. The van der Waals surface area contributed by atoms with Gasteiger partial charge in [0.1, 0.15) is 5.75 Å². The van der Waals surface area contributed by atoms with E-state index in [1.165, 1.54) is 18.2 Å². The van der Waals surface area contributed by atoms with E-state index in [1.54, 1.807) is 6.07 Å². The van der Waals surface area contributed by atoms with Crippen LogP contribution in [0, 0.1) is 0 Å². The Morgan fingerprint density at radius 1 is 1.44 bits per heavy atom. The normalized spacial score (nSPS) is 11.0. The molecule has 0 aromatic heterocycles.